The third kappa shape index (κ3) is 7.38. The van der Waals surface area contributed by atoms with Crippen LogP contribution in [0.4, 0.5) is 0 Å². The molecular formula is C16H39NO9Si2. The highest BCUT2D eigenvalue weighted by molar-refractivity contribution is 6.60. The average molecular weight is 446 g/mol. The molecule has 0 aromatic heterocycles. The maximum absolute atomic E-state index is 9.85. The van der Waals surface area contributed by atoms with Crippen LogP contribution in [0.15, 0.2) is 0 Å². The van der Waals surface area contributed by atoms with E-state index in [1.807, 2.05) is 4.90 Å². The Labute approximate surface area is 171 Å². The second kappa shape index (κ2) is 14.1. The minimum Gasteiger partial charge on any atom is -0.394 e. The van der Waals surface area contributed by atoms with E-state index in [9.17, 15) is 15.3 Å². The highest BCUT2D eigenvalue weighted by Crippen LogP contribution is 2.22. The van der Waals surface area contributed by atoms with Crippen LogP contribution in [-0.2, 0) is 26.6 Å². The number of aliphatic hydroxyl groups excluding tert-OH is 3. The van der Waals surface area contributed by atoms with E-state index in [0.29, 0.717) is 38.0 Å². The Balaban J connectivity index is 5.13. The van der Waals surface area contributed by atoms with Gasteiger partial charge in [-0.05, 0) is 25.9 Å². The molecule has 28 heavy (non-hydrogen) atoms. The molecule has 0 aliphatic heterocycles. The number of aliphatic hydroxyl groups is 3. The summed E-state index contributed by atoms with van der Waals surface area (Å²) in [7, 11) is 3.90. The first-order chi connectivity index (χ1) is 13.4. The molecule has 0 heterocycles. The van der Waals surface area contributed by atoms with Crippen LogP contribution in [0, 0.1) is 0 Å². The van der Waals surface area contributed by atoms with Crippen molar-refractivity contribution in [3.63, 3.8) is 0 Å². The smallest absolute Gasteiger partial charge is 0.394 e. The van der Waals surface area contributed by atoms with Crippen LogP contribution in [0.2, 0.25) is 12.1 Å². The number of rotatable bonds is 18. The molecule has 0 aromatic carbocycles. The van der Waals surface area contributed by atoms with E-state index in [1.54, 1.807) is 42.7 Å². The van der Waals surface area contributed by atoms with E-state index in [1.165, 1.54) is 0 Å². The quantitative estimate of drug-likeness (QED) is 0.239. The Hall–Kier alpha value is 0.0338. The normalized spacial score (nSPS) is 13.5. The molecule has 0 amide bonds. The topological polar surface area (TPSA) is 119 Å². The lowest BCUT2D eigenvalue weighted by Gasteiger charge is -2.41. The van der Waals surface area contributed by atoms with Gasteiger partial charge in [0.25, 0.3) is 0 Å². The van der Waals surface area contributed by atoms with Crippen LogP contribution >= 0.6 is 0 Å². The molecule has 12 heteroatoms. The molecule has 0 fully saturated rings. The summed E-state index contributed by atoms with van der Waals surface area (Å²) in [6.07, 6.45) is 1.29. The lowest BCUT2D eigenvalue weighted by Crippen LogP contribution is -2.58. The van der Waals surface area contributed by atoms with Crippen molar-refractivity contribution in [1.29, 1.82) is 0 Å². The third-order valence-corrected chi connectivity index (χ3v) is 10.9. The lowest BCUT2D eigenvalue weighted by atomic mass is 10.00. The fourth-order valence-electron chi connectivity index (χ4n) is 3.12. The third-order valence-electron chi connectivity index (χ3n) is 5.24. The summed E-state index contributed by atoms with van der Waals surface area (Å²) in [5, 5.41) is 29.5. The van der Waals surface area contributed by atoms with Crippen LogP contribution in [0.25, 0.3) is 0 Å². The molecule has 0 radical (unpaired) electrons. The van der Waals surface area contributed by atoms with Gasteiger partial charge in [-0.25, -0.2) is 0 Å². The van der Waals surface area contributed by atoms with Crippen LogP contribution in [-0.4, -0.2) is 119 Å². The molecule has 0 unspecified atom stereocenters. The Morgan fingerprint density at radius 3 is 1.11 bits per heavy atom. The number of hydrogen-bond acceptors (Lipinski definition) is 10. The molecule has 0 rings (SSSR count). The van der Waals surface area contributed by atoms with Gasteiger partial charge < -0.3 is 41.9 Å². The molecule has 0 saturated heterocycles. The summed E-state index contributed by atoms with van der Waals surface area (Å²) in [4.78, 5) is 1.88. The summed E-state index contributed by atoms with van der Waals surface area (Å²) >= 11 is 0. The van der Waals surface area contributed by atoms with Crippen molar-refractivity contribution in [3.8, 4) is 0 Å². The van der Waals surface area contributed by atoms with Crippen LogP contribution < -0.4 is 0 Å². The second-order valence-electron chi connectivity index (χ2n) is 6.48. The van der Waals surface area contributed by atoms with E-state index in [-0.39, 0.29) is 19.8 Å². The van der Waals surface area contributed by atoms with Crippen LogP contribution in [0.5, 0.6) is 0 Å². The SMILES string of the molecule is CO[Si](CCCN(CCC[Si](OC)(OC)OC)C(CO)(CO)CO)(OC)OC. The molecule has 0 bridgehead atoms. The first kappa shape index (κ1) is 28.0. The van der Waals surface area contributed by atoms with E-state index in [4.69, 9.17) is 26.6 Å². The summed E-state index contributed by atoms with van der Waals surface area (Å²) in [6.45, 7) is -0.101. The van der Waals surface area contributed by atoms with Gasteiger partial charge in [0.2, 0.25) is 0 Å². The van der Waals surface area contributed by atoms with Gasteiger partial charge in [0.05, 0.1) is 25.4 Å². The minimum atomic E-state index is -2.72. The summed E-state index contributed by atoms with van der Waals surface area (Å²) < 4.78 is 32.6. The van der Waals surface area contributed by atoms with Gasteiger partial charge in [-0.3, -0.25) is 4.90 Å². The van der Waals surface area contributed by atoms with Gasteiger partial charge in [0.15, 0.2) is 0 Å². The molecule has 3 N–H and O–H groups in total. The highest BCUT2D eigenvalue weighted by Gasteiger charge is 2.41. The van der Waals surface area contributed by atoms with Gasteiger partial charge in [-0.2, -0.15) is 0 Å². The number of nitrogens with zero attached hydrogens (tertiary/aromatic N) is 1. The zero-order chi connectivity index (χ0) is 21.7. The molecule has 0 saturated carbocycles. The van der Waals surface area contributed by atoms with Crippen LogP contribution in [0.1, 0.15) is 12.8 Å². The lowest BCUT2D eigenvalue weighted by molar-refractivity contribution is -0.0485. The van der Waals surface area contributed by atoms with E-state index < -0.39 is 23.1 Å². The fraction of sp³-hybridized carbons (Fsp3) is 1.00. The second-order valence-corrected chi connectivity index (χ2v) is 12.7. The van der Waals surface area contributed by atoms with Crippen molar-refractivity contribution in [1.82, 2.24) is 4.90 Å². The molecule has 0 aliphatic rings. The van der Waals surface area contributed by atoms with Crippen molar-refractivity contribution in [3.05, 3.63) is 0 Å². The molecule has 0 aliphatic carbocycles. The zero-order valence-electron chi connectivity index (χ0n) is 18.1. The Bertz CT molecular complexity index is 344. The maximum Gasteiger partial charge on any atom is 0.500 e. The molecule has 170 valence electrons. The van der Waals surface area contributed by atoms with Crippen molar-refractivity contribution >= 4 is 17.6 Å². The first-order valence-electron chi connectivity index (χ1n) is 9.25. The van der Waals surface area contributed by atoms with Crippen molar-refractivity contribution in [2.24, 2.45) is 0 Å². The summed E-state index contributed by atoms with van der Waals surface area (Å²) in [5.74, 6) is 0. The molecule has 0 atom stereocenters. The van der Waals surface area contributed by atoms with Crippen molar-refractivity contribution < 1.29 is 41.9 Å². The van der Waals surface area contributed by atoms with Gasteiger partial charge in [0.1, 0.15) is 0 Å². The van der Waals surface area contributed by atoms with Gasteiger partial charge in [0, 0.05) is 54.7 Å². The van der Waals surface area contributed by atoms with Crippen molar-refractivity contribution in [2.75, 3.05) is 75.6 Å². The van der Waals surface area contributed by atoms with Crippen LogP contribution in [0.3, 0.4) is 0 Å². The van der Waals surface area contributed by atoms with Gasteiger partial charge in [-0.15, -0.1) is 0 Å². The van der Waals surface area contributed by atoms with E-state index in [2.05, 4.69) is 0 Å². The van der Waals surface area contributed by atoms with E-state index >= 15 is 0 Å². The van der Waals surface area contributed by atoms with Gasteiger partial charge >= 0.3 is 17.6 Å². The standard InChI is InChI=1S/C16H39NO9Si2/c1-21-27(22-2,23-3)11-7-9-17(16(13-18,14-19)15-20)10-8-12-28(24-4,25-5)26-6/h18-20H,7-15H2,1-6H3. The minimum absolute atomic E-state index is 0.372. The molecular weight excluding hydrogens is 406 g/mol. The summed E-state index contributed by atoms with van der Waals surface area (Å²) in [6, 6.07) is 1.14. The summed E-state index contributed by atoms with van der Waals surface area (Å²) in [5.41, 5.74) is -1.13. The monoisotopic (exact) mass is 445 g/mol. The fourth-order valence-corrected chi connectivity index (χ4v) is 6.53. The highest BCUT2D eigenvalue weighted by atomic mass is 28.4. The largest absolute Gasteiger partial charge is 0.500 e. The number of hydrogen-bond donors (Lipinski definition) is 3. The zero-order valence-corrected chi connectivity index (χ0v) is 20.1. The maximum atomic E-state index is 9.85. The van der Waals surface area contributed by atoms with Gasteiger partial charge in [-0.1, -0.05) is 0 Å². The Morgan fingerprint density at radius 2 is 0.893 bits per heavy atom. The van der Waals surface area contributed by atoms with E-state index in [0.717, 1.165) is 0 Å². The predicted molar refractivity (Wildman–Crippen MR) is 108 cm³/mol. The molecule has 0 aromatic rings. The Morgan fingerprint density at radius 1 is 0.607 bits per heavy atom. The van der Waals surface area contributed by atoms with Crippen molar-refractivity contribution in [2.45, 2.75) is 30.5 Å². The molecule has 10 nitrogen and oxygen atoms in total. The molecule has 0 spiro atoms. The average Bonchev–Trinajstić information content (AvgIpc) is 2.76. The predicted octanol–water partition coefficient (Wildman–Crippen LogP) is -0.459. The Kier molecular flexibility index (Phi) is 14.1. The first-order valence-corrected chi connectivity index (χ1v) is 13.1.